The first-order valence-electron chi connectivity index (χ1n) is 6.89. The molecule has 2 rings (SSSR count). The van der Waals surface area contributed by atoms with E-state index in [4.69, 9.17) is 28.5 Å². The third-order valence-electron chi connectivity index (χ3n) is 3.35. The van der Waals surface area contributed by atoms with Crippen LogP contribution in [0.2, 0.25) is 10.0 Å². The van der Waals surface area contributed by atoms with Crippen molar-refractivity contribution in [1.29, 1.82) is 5.26 Å². The average molecular weight is 363 g/mol. The van der Waals surface area contributed by atoms with E-state index in [1.807, 2.05) is 6.07 Å². The van der Waals surface area contributed by atoms with Gasteiger partial charge < -0.3 is 10.4 Å². The van der Waals surface area contributed by atoms with E-state index in [0.717, 1.165) is 0 Å². The fourth-order valence-corrected chi connectivity index (χ4v) is 2.62. The summed E-state index contributed by atoms with van der Waals surface area (Å²) in [6.07, 6.45) is -0.0458. The molecular formula is C17H12Cl2N2O3. The summed E-state index contributed by atoms with van der Waals surface area (Å²) < 4.78 is 0. The van der Waals surface area contributed by atoms with Crippen molar-refractivity contribution in [2.24, 2.45) is 0 Å². The number of hydrogen-bond acceptors (Lipinski definition) is 3. The van der Waals surface area contributed by atoms with Gasteiger partial charge >= 0.3 is 5.97 Å². The van der Waals surface area contributed by atoms with Crippen molar-refractivity contribution in [2.75, 3.05) is 0 Å². The summed E-state index contributed by atoms with van der Waals surface area (Å²) in [5, 5.41) is 21.2. The highest BCUT2D eigenvalue weighted by molar-refractivity contribution is 6.36. The lowest BCUT2D eigenvalue weighted by Gasteiger charge is -2.16. The Kier molecular flexibility index (Phi) is 5.80. The van der Waals surface area contributed by atoms with Crippen LogP contribution in [0.25, 0.3) is 0 Å². The van der Waals surface area contributed by atoms with E-state index in [1.54, 1.807) is 18.2 Å². The quantitative estimate of drug-likeness (QED) is 0.853. The summed E-state index contributed by atoms with van der Waals surface area (Å²) in [6.45, 7) is 0. The van der Waals surface area contributed by atoms with Gasteiger partial charge in [0.2, 0.25) is 0 Å². The Balaban J connectivity index is 2.18. The largest absolute Gasteiger partial charge is 0.480 e. The van der Waals surface area contributed by atoms with Crippen LogP contribution in [0.4, 0.5) is 0 Å². The molecule has 1 amide bonds. The highest BCUT2D eigenvalue weighted by Crippen LogP contribution is 2.25. The van der Waals surface area contributed by atoms with Crippen molar-refractivity contribution in [3.8, 4) is 6.07 Å². The molecule has 0 heterocycles. The van der Waals surface area contributed by atoms with Crippen LogP contribution in [0.1, 0.15) is 21.5 Å². The third kappa shape index (κ3) is 4.25. The number of carboxylic acid groups (broad SMARTS) is 1. The molecule has 1 atom stereocenters. The molecule has 2 N–H and O–H groups in total. The van der Waals surface area contributed by atoms with Gasteiger partial charge in [0.15, 0.2) is 0 Å². The zero-order valence-electron chi connectivity index (χ0n) is 12.3. The van der Waals surface area contributed by atoms with Crippen molar-refractivity contribution < 1.29 is 14.7 Å². The average Bonchev–Trinajstić information content (AvgIpc) is 2.57. The highest BCUT2D eigenvalue weighted by atomic mass is 35.5. The van der Waals surface area contributed by atoms with Crippen LogP contribution >= 0.6 is 23.2 Å². The van der Waals surface area contributed by atoms with Gasteiger partial charge in [-0.25, -0.2) is 4.79 Å². The number of carbonyl (C=O) groups is 2. The molecule has 0 unspecified atom stereocenters. The monoisotopic (exact) mass is 362 g/mol. The summed E-state index contributed by atoms with van der Waals surface area (Å²) in [5.74, 6) is -1.76. The number of carbonyl (C=O) groups excluding carboxylic acids is 1. The molecule has 0 aliphatic carbocycles. The van der Waals surface area contributed by atoms with Crippen LogP contribution in [0.3, 0.4) is 0 Å². The Hall–Kier alpha value is -2.55. The molecule has 0 saturated carbocycles. The highest BCUT2D eigenvalue weighted by Gasteiger charge is 2.23. The van der Waals surface area contributed by atoms with Crippen molar-refractivity contribution >= 4 is 35.1 Å². The van der Waals surface area contributed by atoms with Gasteiger partial charge in [0.05, 0.1) is 11.6 Å². The van der Waals surface area contributed by atoms with Crippen LogP contribution in [0.15, 0.2) is 42.5 Å². The predicted molar refractivity (Wildman–Crippen MR) is 90.2 cm³/mol. The Bertz CT molecular complexity index is 793. The summed E-state index contributed by atoms with van der Waals surface area (Å²) in [6, 6.07) is 11.5. The summed E-state index contributed by atoms with van der Waals surface area (Å²) >= 11 is 12.1. The van der Waals surface area contributed by atoms with E-state index in [-0.39, 0.29) is 12.0 Å². The van der Waals surface area contributed by atoms with Crippen molar-refractivity contribution in [1.82, 2.24) is 5.32 Å². The van der Waals surface area contributed by atoms with E-state index in [2.05, 4.69) is 5.32 Å². The molecule has 0 radical (unpaired) electrons. The number of nitrogens with one attached hydrogen (secondary N) is 1. The second-order valence-electron chi connectivity index (χ2n) is 4.96. The Morgan fingerprint density at radius 3 is 2.21 bits per heavy atom. The topological polar surface area (TPSA) is 90.2 Å². The van der Waals surface area contributed by atoms with Gasteiger partial charge in [0.1, 0.15) is 6.04 Å². The number of amides is 1. The molecule has 24 heavy (non-hydrogen) atoms. The first-order valence-corrected chi connectivity index (χ1v) is 7.64. The fourth-order valence-electron chi connectivity index (χ4n) is 2.07. The molecule has 0 aliphatic heterocycles. The lowest BCUT2D eigenvalue weighted by Crippen LogP contribution is -2.42. The zero-order chi connectivity index (χ0) is 17.7. The van der Waals surface area contributed by atoms with Gasteiger partial charge in [0, 0.05) is 22.0 Å². The van der Waals surface area contributed by atoms with E-state index in [1.165, 1.54) is 24.3 Å². The Morgan fingerprint density at radius 2 is 1.71 bits per heavy atom. The first kappa shape index (κ1) is 17.8. The maximum Gasteiger partial charge on any atom is 0.326 e. The maximum atomic E-state index is 12.2. The first-order chi connectivity index (χ1) is 11.4. The minimum Gasteiger partial charge on any atom is -0.480 e. The number of carboxylic acids is 1. The molecule has 0 saturated heterocycles. The molecule has 2 aromatic rings. The SMILES string of the molecule is N#Cc1ccc(C(=O)N[C@@H](Cc2c(Cl)cccc2Cl)C(=O)O)cc1. The Labute approximate surface area is 148 Å². The lowest BCUT2D eigenvalue weighted by molar-refractivity contribution is -0.139. The minimum atomic E-state index is -1.20. The normalized spacial score (nSPS) is 11.4. The summed E-state index contributed by atoms with van der Waals surface area (Å²) in [7, 11) is 0. The minimum absolute atomic E-state index is 0.0458. The van der Waals surface area contributed by atoms with Gasteiger partial charge in [-0.15, -0.1) is 0 Å². The van der Waals surface area contributed by atoms with Crippen LogP contribution in [0.5, 0.6) is 0 Å². The molecule has 122 valence electrons. The standard InChI is InChI=1S/C17H12Cl2N2O3/c18-13-2-1-3-14(19)12(13)8-15(17(23)24)21-16(22)11-6-4-10(9-20)5-7-11/h1-7,15H,8H2,(H,21,22)(H,23,24)/t15-/m0/s1. The van der Waals surface area contributed by atoms with Crippen molar-refractivity contribution in [2.45, 2.75) is 12.5 Å². The van der Waals surface area contributed by atoms with E-state index in [9.17, 15) is 14.7 Å². The molecule has 0 spiro atoms. The molecule has 0 fully saturated rings. The molecular weight excluding hydrogens is 351 g/mol. The number of rotatable bonds is 5. The second kappa shape index (κ2) is 7.82. The lowest BCUT2D eigenvalue weighted by atomic mass is 10.0. The van der Waals surface area contributed by atoms with E-state index in [0.29, 0.717) is 21.2 Å². The van der Waals surface area contributed by atoms with Gasteiger partial charge in [-0.1, -0.05) is 29.3 Å². The smallest absolute Gasteiger partial charge is 0.326 e. The molecule has 5 nitrogen and oxygen atoms in total. The predicted octanol–water partition coefficient (Wildman–Crippen LogP) is 3.29. The molecule has 7 heteroatoms. The molecule has 0 bridgehead atoms. The van der Waals surface area contributed by atoms with Crippen LogP contribution in [-0.4, -0.2) is 23.0 Å². The number of hydrogen-bond donors (Lipinski definition) is 2. The van der Waals surface area contributed by atoms with E-state index < -0.39 is 17.9 Å². The van der Waals surface area contributed by atoms with Crippen LogP contribution < -0.4 is 5.32 Å². The summed E-state index contributed by atoms with van der Waals surface area (Å²) in [4.78, 5) is 23.6. The van der Waals surface area contributed by atoms with Crippen LogP contribution in [0, 0.1) is 11.3 Å². The zero-order valence-corrected chi connectivity index (χ0v) is 13.8. The number of benzene rings is 2. The maximum absolute atomic E-state index is 12.2. The molecule has 2 aromatic carbocycles. The van der Waals surface area contributed by atoms with Gasteiger partial charge in [-0.3, -0.25) is 4.79 Å². The second-order valence-corrected chi connectivity index (χ2v) is 5.77. The van der Waals surface area contributed by atoms with Crippen molar-refractivity contribution in [3.63, 3.8) is 0 Å². The molecule has 0 aromatic heterocycles. The number of nitriles is 1. The molecule has 0 aliphatic rings. The van der Waals surface area contributed by atoms with Crippen molar-refractivity contribution in [3.05, 3.63) is 69.2 Å². The van der Waals surface area contributed by atoms with Gasteiger partial charge in [0.25, 0.3) is 5.91 Å². The Morgan fingerprint density at radius 1 is 1.12 bits per heavy atom. The third-order valence-corrected chi connectivity index (χ3v) is 4.06. The van der Waals surface area contributed by atoms with Crippen LogP contribution in [-0.2, 0) is 11.2 Å². The summed E-state index contributed by atoms with van der Waals surface area (Å²) in [5.41, 5.74) is 1.11. The number of halogens is 2. The van der Waals surface area contributed by atoms with E-state index >= 15 is 0 Å². The van der Waals surface area contributed by atoms with Gasteiger partial charge in [-0.05, 0) is 42.0 Å². The number of aliphatic carboxylic acids is 1. The number of nitrogens with zero attached hydrogens (tertiary/aromatic N) is 1. The fraction of sp³-hybridized carbons (Fsp3) is 0.118. The van der Waals surface area contributed by atoms with Gasteiger partial charge in [-0.2, -0.15) is 5.26 Å².